The first-order valence-electron chi connectivity index (χ1n) is 11.4. The molecule has 32 heavy (non-hydrogen) atoms. The van der Waals surface area contributed by atoms with E-state index in [0.29, 0.717) is 36.1 Å². The molecule has 1 aliphatic heterocycles. The maximum Gasteiger partial charge on any atom is 0.258 e. The van der Waals surface area contributed by atoms with E-state index in [-0.39, 0.29) is 11.5 Å². The van der Waals surface area contributed by atoms with E-state index in [2.05, 4.69) is 55.4 Å². The van der Waals surface area contributed by atoms with E-state index in [0.717, 1.165) is 45.7 Å². The van der Waals surface area contributed by atoms with Crippen molar-refractivity contribution in [1.82, 2.24) is 25.1 Å². The molecule has 1 fully saturated rings. The lowest BCUT2D eigenvalue weighted by Gasteiger charge is -2.34. The summed E-state index contributed by atoms with van der Waals surface area (Å²) in [6, 6.07) is 17.9. The number of hydrogen-bond donors (Lipinski definition) is 2. The molecule has 7 heteroatoms. The Hall–Kier alpha value is -3.03. The predicted octanol–water partition coefficient (Wildman–Crippen LogP) is 2.18. The van der Waals surface area contributed by atoms with Gasteiger partial charge < -0.3 is 15.2 Å². The highest BCUT2D eigenvalue weighted by atomic mass is 16.1. The SMILES string of the molecule is O=C(CCc1nc2ccccc2c(=O)[nH]1)NCCCN1CCN(Cc2ccccc2)CC1. The Kier molecular flexibility index (Phi) is 7.64. The van der Waals surface area contributed by atoms with Crippen LogP contribution in [0.25, 0.3) is 10.9 Å². The third-order valence-electron chi connectivity index (χ3n) is 5.94. The number of piperazine rings is 1. The second-order valence-electron chi connectivity index (χ2n) is 8.34. The molecule has 4 rings (SSSR count). The van der Waals surface area contributed by atoms with E-state index in [1.54, 1.807) is 6.07 Å². The van der Waals surface area contributed by atoms with E-state index in [1.807, 2.05) is 18.2 Å². The number of H-pyrrole nitrogens is 1. The van der Waals surface area contributed by atoms with Gasteiger partial charge in [0.15, 0.2) is 0 Å². The Morgan fingerprint density at radius 1 is 0.969 bits per heavy atom. The van der Waals surface area contributed by atoms with Crippen LogP contribution in [0.4, 0.5) is 0 Å². The Morgan fingerprint density at radius 3 is 2.50 bits per heavy atom. The fourth-order valence-electron chi connectivity index (χ4n) is 4.12. The van der Waals surface area contributed by atoms with Crippen LogP contribution in [-0.2, 0) is 17.8 Å². The number of aromatic nitrogens is 2. The number of carbonyl (C=O) groups is 1. The highest BCUT2D eigenvalue weighted by Crippen LogP contribution is 2.09. The molecular weight excluding hydrogens is 402 g/mol. The molecule has 0 radical (unpaired) electrons. The average Bonchev–Trinajstić information content (AvgIpc) is 2.82. The van der Waals surface area contributed by atoms with Crippen LogP contribution >= 0.6 is 0 Å². The zero-order valence-corrected chi connectivity index (χ0v) is 18.4. The van der Waals surface area contributed by atoms with Crippen molar-refractivity contribution in [3.05, 3.63) is 76.3 Å². The number of fused-ring (bicyclic) bond motifs is 1. The molecule has 1 saturated heterocycles. The summed E-state index contributed by atoms with van der Waals surface area (Å²) in [5, 5.41) is 3.56. The first-order chi connectivity index (χ1) is 15.7. The van der Waals surface area contributed by atoms with Crippen LogP contribution < -0.4 is 10.9 Å². The third kappa shape index (κ3) is 6.24. The first kappa shape index (κ1) is 22.2. The fraction of sp³-hybridized carbons (Fsp3) is 0.400. The lowest BCUT2D eigenvalue weighted by Crippen LogP contribution is -2.46. The molecule has 2 heterocycles. The van der Waals surface area contributed by atoms with Gasteiger partial charge in [-0.3, -0.25) is 14.5 Å². The minimum absolute atomic E-state index is 0.00603. The smallest absolute Gasteiger partial charge is 0.258 e. The van der Waals surface area contributed by atoms with Gasteiger partial charge in [-0.1, -0.05) is 42.5 Å². The van der Waals surface area contributed by atoms with Crippen LogP contribution in [0.5, 0.6) is 0 Å². The molecule has 1 amide bonds. The summed E-state index contributed by atoms with van der Waals surface area (Å²) in [4.78, 5) is 36.5. The van der Waals surface area contributed by atoms with Crippen molar-refractivity contribution in [3.63, 3.8) is 0 Å². The van der Waals surface area contributed by atoms with Crippen molar-refractivity contribution < 1.29 is 4.79 Å². The van der Waals surface area contributed by atoms with E-state index in [9.17, 15) is 9.59 Å². The van der Waals surface area contributed by atoms with Crippen molar-refractivity contribution in [2.24, 2.45) is 0 Å². The normalized spacial score (nSPS) is 15.1. The maximum absolute atomic E-state index is 12.2. The Bertz CT molecular complexity index is 1070. The first-order valence-corrected chi connectivity index (χ1v) is 11.4. The number of amides is 1. The van der Waals surface area contributed by atoms with Crippen molar-refractivity contribution in [3.8, 4) is 0 Å². The van der Waals surface area contributed by atoms with Gasteiger partial charge in [-0.05, 0) is 30.7 Å². The summed E-state index contributed by atoms with van der Waals surface area (Å²) in [5.41, 5.74) is 1.87. The summed E-state index contributed by atoms with van der Waals surface area (Å²) in [6.45, 7) is 6.99. The van der Waals surface area contributed by atoms with Gasteiger partial charge >= 0.3 is 0 Å². The lowest BCUT2D eigenvalue weighted by atomic mass is 10.2. The Balaban J connectivity index is 1.11. The number of aromatic amines is 1. The molecule has 2 aromatic carbocycles. The molecule has 7 nitrogen and oxygen atoms in total. The summed E-state index contributed by atoms with van der Waals surface area (Å²) in [6.07, 6.45) is 1.68. The monoisotopic (exact) mass is 433 g/mol. The summed E-state index contributed by atoms with van der Waals surface area (Å²) in [7, 11) is 0. The zero-order chi connectivity index (χ0) is 22.2. The van der Waals surface area contributed by atoms with E-state index in [4.69, 9.17) is 0 Å². The predicted molar refractivity (Wildman–Crippen MR) is 126 cm³/mol. The lowest BCUT2D eigenvalue weighted by molar-refractivity contribution is -0.121. The average molecular weight is 434 g/mol. The number of para-hydroxylation sites is 1. The van der Waals surface area contributed by atoms with Gasteiger partial charge in [0.2, 0.25) is 5.91 Å². The summed E-state index contributed by atoms with van der Waals surface area (Å²) in [5.74, 6) is 0.547. The van der Waals surface area contributed by atoms with Crippen molar-refractivity contribution >= 4 is 16.8 Å². The number of carbonyl (C=O) groups excluding carboxylic acids is 1. The summed E-state index contributed by atoms with van der Waals surface area (Å²) < 4.78 is 0. The molecule has 1 aliphatic rings. The quantitative estimate of drug-likeness (QED) is 0.506. The standard InChI is InChI=1S/C25H31N5O2/c31-24(12-11-23-27-22-10-5-4-9-21(22)25(32)28-23)26-13-6-14-29-15-17-30(18-16-29)19-20-7-2-1-3-8-20/h1-5,7-10H,6,11-19H2,(H,26,31)(H,27,28,32). The molecule has 0 bridgehead atoms. The van der Waals surface area contributed by atoms with E-state index >= 15 is 0 Å². The van der Waals surface area contributed by atoms with Crippen molar-refractivity contribution in [2.45, 2.75) is 25.8 Å². The minimum atomic E-state index is -0.158. The van der Waals surface area contributed by atoms with Crippen LogP contribution in [0, 0.1) is 0 Å². The van der Waals surface area contributed by atoms with E-state index < -0.39 is 0 Å². The van der Waals surface area contributed by atoms with Gasteiger partial charge in [0.25, 0.3) is 5.56 Å². The minimum Gasteiger partial charge on any atom is -0.356 e. The fourth-order valence-corrected chi connectivity index (χ4v) is 4.12. The highest BCUT2D eigenvalue weighted by molar-refractivity contribution is 5.78. The molecular formula is C25H31N5O2. The second-order valence-corrected chi connectivity index (χ2v) is 8.34. The zero-order valence-electron chi connectivity index (χ0n) is 18.4. The van der Waals surface area contributed by atoms with Gasteiger partial charge in [-0.25, -0.2) is 4.98 Å². The molecule has 1 aromatic heterocycles. The third-order valence-corrected chi connectivity index (χ3v) is 5.94. The molecule has 0 unspecified atom stereocenters. The number of aryl methyl sites for hydroxylation is 1. The van der Waals surface area contributed by atoms with Crippen LogP contribution in [-0.4, -0.2) is 64.9 Å². The number of nitrogens with one attached hydrogen (secondary N) is 2. The van der Waals surface area contributed by atoms with Crippen LogP contribution in [0.15, 0.2) is 59.4 Å². The topological polar surface area (TPSA) is 81.3 Å². The second kappa shape index (κ2) is 11.0. The maximum atomic E-state index is 12.2. The number of rotatable bonds is 9. The van der Waals surface area contributed by atoms with Gasteiger partial charge in [0.05, 0.1) is 10.9 Å². The molecule has 2 N–H and O–H groups in total. The highest BCUT2D eigenvalue weighted by Gasteiger charge is 2.16. The van der Waals surface area contributed by atoms with Crippen molar-refractivity contribution in [2.75, 3.05) is 39.3 Å². The molecule has 3 aromatic rings. The van der Waals surface area contributed by atoms with Crippen LogP contribution in [0.2, 0.25) is 0 Å². The van der Waals surface area contributed by atoms with Gasteiger partial charge in [-0.15, -0.1) is 0 Å². The molecule has 0 aliphatic carbocycles. The summed E-state index contributed by atoms with van der Waals surface area (Å²) >= 11 is 0. The molecule has 0 spiro atoms. The number of benzene rings is 2. The Morgan fingerprint density at radius 2 is 1.69 bits per heavy atom. The van der Waals surface area contributed by atoms with Gasteiger partial charge in [0, 0.05) is 52.1 Å². The molecule has 0 saturated carbocycles. The van der Waals surface area contributed by atoms with Gasteiger partial charge in [0.1, 0.15) is 5.82 Å². The Labute approximate surface area is 188 Å². The van der Waals surface area contributed by atoms with Crippen LogP contribution in [0.3, 0.4) is 0 Å². The van der Waals surface area contributed by atoms with Crippen molar-refractivity contribution in [1.29, 1.82) is 0 Å². The van der Waals surface area contributed by atoms with E-state index in [1.165, 1.54) is 5.56 Å². The largest absolute Gasteiger partial charge is 0.356 e. The molecule has 0 atom stereocenters. The number of nitrogens with zero attached hydrogens (tertiary/aromatic N) is 3. The number of hydrogen-bond acceptors (Lipinski definition) is 5. The van der Waals surface area contributed by atoms with Gasteiger partial charge in [-0.2, -0.15) is 0 Å². The van der Waals surface area contributed by atoms with Crippen LogP contribution in [0.1, 0.15) is 24.2 Å². The molecule has 168 valence electrons.